The first-order valence-electron chi connectivity index (χ1n) is 5.85. The zero-order chi connectivity index (χ0) is 13.9. The van der Waals surface area contributed by atoms with Gasteiger partial charge in [-0.1, -0.05) is 13.8 Å². The van der Waals surface area contributed by atoms with Crippen LogP contribution in [0, 0.1) is 17.0 Å². The van der Waals surface area contributed by atoms with Gasteiger partial charge in [0, 0.05) is 13.1 Å². The first kappa shape index (κ1) is 14.7. The van der Waals surface area contributed by atoms with Gasteiger partial charge >= 0.3 is 0 Å². The topological polar surface area (TPSA) is 41.3 Å². The molecule has 1 rings (SSSR count). The molecule has 1 aromatic rings. The lowest BCUT2D eigenvalue weighted by atomic mass is 9.93. The molecule has 3 nitrogen and oxygen atoms in total. The summed E-state index contributed by atoms with van der Waals surface area (Å²) in [6, 6.07) is 2.39. The number of nitrogens with two attached hydrogens (primary N) is 1. The molecule has 0 saturated heterocycles. The minimum Gasteiger partial charge on any atom is -0.397 e. The monoisotopic (exact) mass is 257 g/mol. The van der Waals surface area contributed by atoms with E-state index in [-0.39, 0.29) is 16.8 Å². The smallest absolute Gasteiger partial charge is 0.183 e. The number of rotatable bonds is 5. The number of nitrogen functional groups attached to an aromatic ring is 1. The second-order valence-electron chi connectivity index (χ2n) is 5.58. The van der Waals surface area contributed by atoms with Gasteiger partial charge in [0.1, 0.15) is 0 Å². The molecule has 0 spiro atoms. The van der Waals surface area contributed by atoms with Gasteiger partial charge in [-0.25, -0.2) is 8.78 Å². The molecule has 0 aromatic heterocycles. The highest BCUT2D eigenvalue weighted by Gasteiger charge is 2.20. The summed E-state index contributed by atoms with van der Waals surface area (Å²) < 4.78 is 26.7. The van der Waals surface area contributed by atoms with E-state index in [2.05, 4.69) is 5.32 Å². The number of benzene rings is 1. The van der Waals surface area contributed by atoms with Gasteiger partial charge in [-0.2, -0.15) is 0 Å². The molecule has 1 aromatic carbocycles. The van der Waals surface area contributed by atoms with Crippen LogP contribution in [0.5, 0.6) is 0 Å². The molecule has 0 unspecified atom stereocenters. The van der Waals surface area contributed by atoms with E-state index < -0.39 is 11.6 Å². The fourth-order valence-electron chi connectivity index (χ4n) is 1.98. The van der Waals surface area contributed by atoms with Crippen molar-refractivity contribution in [2.75, 3.05) is 38.2 Å². The van der Waals surface area contributed by atoms with Crippen LogP contribution in [0.25, 0.3) is 0 Å². The number of hydrogen-bond donors (Lipinski definition) is 2. The summed E-state index contributed by atoms with van der Waals surface area (Å²) in [5.74, 6) is -1.81. The Bertz CT molecular complexity index is 417. The fourth-order valence-corrected chi connectivity index (χ4v) is 1.98. The Kier molecular flexibility index (Phi) is 4.51. The van der Waals surface area contributed by atoms with E-state index in [0.717, 1.165) is 12.6 Å². The Morgan fingerprint density at radius 1 is 1.28 bits per heavy atom. The second-order valence-corrected chi connectivity index (χ2v) is 5.58. The molecule has 0 aliphatic heterocycles. The van der Waals surface area contributed by atoms with Crippen molar-refractivity contribution < 1.29 is 8.78 Å². The van der Waals surface area contributed by atoms with Crippen LogP contribution in [0.1, 0.15) is 13.8 Å². The van der Waals surface area contributed by atoms with Crippen LogP contribution in [0.15, 0.2) is 12.1 Å². The lowest BCUT2D eigenvalue weighted by Crippen LogP contribution is -2.34. The molecule has 0 aliphatic rings. The molecule has 102 valence electrons. The Morgan fingerprint density at radius 2 is 1.89 bits per heavy atom. The number of nitrogens with one attached hydrogen (secondary N) is 1. The standard InChI is InChI=1S/C13H21F2N3/c1-13(2,8-18(3)4)7-17-12-10(16)6-5-9(14)11(12)15/h5-6,17H,7-8,16H2,1-4H3. The molecule has 0 amide bonds. The summed E-state index contributed by atoms with van der Waals surface area (Å²) in [5, 5.41) is 2.90. The van der Waals surface area contributed by atoms with Crippen molar-refractivity contribution in [3.8, 4) is 0 Å². The Balaban J connectivity index is 2.78. The largest absolute Gasteiger partial charge is 0.397 e. The zero-order valence-corrected chi connectivity index (χ0v) is 11.3. The van der Waals surface area contributed by atoms with Crippen molar-refractivity contribution in [2.24, 2.45) is 5.41 Å². The average molecular weight is 257 g/mol. The van der Waals surface area contributed by atoms with Crippen molar-refractivity contribution >= 4 is 11.4 Å². The van der Waals surface area contributed by atoms with E-state index in [1.165, 1.54) is 6.07 Å². The summed E-state index contributed by atoms with van der Waals surface area (Å²) in [7, 11) is 3.94. The molecule has 0 saturated carbocycles. The van der Waals surface area contributed by atoms with Crippen LogP contribution < -0.4 is 11.1 Å². The lowest BCUT2D eigenvalue weighted by Gasteiger charge is -2.29. The van der Waals surface area contributed by atoms with Crippen LogP contribution >= 0.6 is 0 Å². The average Bonchev–Trinajstić information content (AvgIpc) is 2.22. The van der Waals surface area contributed by atoms with Crippen molar-refractivity contribution in [1.29, 1.82) is 0 Å². The molecule has 0 bridgehead atoms. The van der Waals surface area contributed by atoms with Crippen molar-refractivity contribution in [2.45, 2.75) is 13.8 Å². The summed E-state index contributed by atoms with van der Waals surface area (Å²) in [5.41, 5.74) is 5.83. The molecular formula is C13H21F2N3. The maximum Gasteiger partial charge on any atom is 0.183 e. The molecule has 3 N–H and O–H groups in total. The third kappa shape index (κ3) is 3.84. The first-order chi connectivity index (χ1) is 8.23. The number of hydrogen-bond acceptors (Lipinski definition) is 3. The fraction of sp³-hybridized carbons (Fsp3) is 0.538. The second kappa shape index (κ2) is 5.52. The molecule has 18 heavy (non-hydrogen) atoms. The van der Waals surface area contributed by atoms with E-state index in [1.807, 2.05) is 32.8 Å². The Labute approximate surface area is 107 Å². The first-order valence-corrected chi connectivity index (χ1v) is 5.85. The number of anilines is 2. The molecule has 0 fully saturated rings. The van der Waals surface area contributed by atoms with Gasteiger partial charge < -0.3 is 16.0 Å². The van der Waals surface area contributed by atoms with Crippen LogP contribution in [-0.4, -0.2) is 32.1 Å². The molecule has 0 atom stereocenters. The van der Waals surface area contributed by atoms with Crippen LogP contribution in [0.2, 0.25) is 0 Å². The van der Waals surface area contributed by atoms with E-state index in [1.54, 1.807) is 0 Å². The summed E-state index contributed by atoms with van der Waals surface area (Å²) in [6.07, 6.45) is 0. The van der Waals surface area contributed by atoms with E-state index in [4.69, 9.17) is 5.73 Å². The third-order valence-electron chi connectivity index (χ3n) is 2.62. The molecule has 0 heterocycles. The van der Waals surface area contributed by atoms with Gasteiger partial charge in [-0.05, 0) is 31.6 Å². The third-order valence-corrected chi connectivity index (χ3v) is 2.62. The summed E-state index contributed by atoms with van der Waals surface area (Å²) in [6.45, 7) is 5.44. The molecule has 0 aliphatic carbocycles. The highest BCUT2D eigenvalue weighted by molar-refractivity contribution is 5.66. The maximum absolute atomic E-state index is 13.6. The highest BCUT2D eigenvalue weighted by atomic mass is 19.2. The van der Waals surface area contributed by atoms with E-state index in [9.17, 15) is 8.78 Å². The van der Waals surface area contributed by atoms with Gasteiger partial charge in [0.05, 0.1) is 11.4 Å². The number of halogens is 2. The summed E-state index contributed by atoms with van der Waals surface area (Å²) >= 11 is 0. The zero-order valence-electron chi connectivity index (χ0n) is 11.3. The predicted molar refractivity (Wildman–Crippen MR) is 71.6 cm³/mol. The van der Waals surface area contributed by atoms with Gasteiger partial charge in [0.15, 0.2) is 11.6 Å². The predicted octanol–water partition coefficient (Wildman–Crippen LogP) is 2.55. The number of nitrogens with zero attached hydrogens (tertiary/aromatic N) is 1. The van der Waals surface area contributed by atoms with Crippen LogP contribution in [0.3, 0.4) is 0 Å². The Hall–Kier alpha value is -1.36. The van der Waals surface area contributed by atoms with Gasteiger partial charge in [0.25, 0.3) is 0 Å². The highest BCUT2D eigenvalue weighted by Crippen LogP contribution is 2.26. The van der Waals surface area contributed by atoms with Crippen LogP contribution in [-0.2, 0) is 0 Å². The molecule has 0 radical (unpaired) electrons. The normalized spacial score (nSPS) is 11.9. The van der Waals surface area contributed by atoms with Crippen molar-refractivity contribution in [3.63, 3.8) is 0 Å². The Morgan fingerprint density at radius 3 is 2.44 bits per heavy atom. The van der Waals surface area contributed by atoms with Gasteiger partial charge in [-0.15, -0.1) is 0 Å². The quantitative estimate of drug-likeness (QED) is 0.796. The minimum atomic E-state index is -0.921. The summed E-state index contributed by atoms with van der Waals surface area (Å²) in [4.78, 5) is 2.05. The van der Waals surface area contributed by atoms with E-state index >= 15 is 0 Å². The van der Waals surface area contributed by atoms with Crippen LogP contribution in [0.4, 0.5) is 20.2 Å². The minimum absolute atomic E-state index is 0.0434. The molecular weight excluding hydrogens is 236 g/mol. The van der Waals surface area contributed by atoms with Gasteiger partial charge in [-0.3, -0.25) is 0 Å². The molecule has 5 heteroatoms. The maximum atomic E-state index is 13.6. The SMILES string of the molecule is CN(C)CC(C)(C)CNc1c(N)ccc(F)c1F. The van der Waals surface area contributed by atoms with Crippen molar-refractivity contribution in [1.82, 2.24) is 4.90 Å². The van der Waals surface area contributed by atoms with Crippen molar-refractivity contribution in [3.05, 3.63) is 23.8 Å². The van der Waals surface area contributed by atoms with Gasteiger partial charge in [0.2, 0.25) is 0 Å². The van der Waals surface area contributed by atoms with E-state index in [0.29, 0.717) is 6.54 Å². The lowest BCUT2D eigenvalue weighted by molar-refractivity contribution is 0.254.